The Kier molecular flexibility index (Phi) is 4.39. The number of hydrogen-bond donors (Lipinski definition) is 2. The monoisotopic (exact) mass is 258 g/mol. The van der Waals surface area contributed by atoms with Gasteiger partial charge in [-0.2, -0.15) is 0 Å². The van der Waals surface area contributed by atoms with Crippen LogP contribution < -0.4 is 11.1 Å². The molecule has 2 aromatic carbocycles. The highest BCUT2D eigenvalue weighted by molar-refractivity contribution is 5.62. The molecule has 3 heteroatoms. The van der Waals surface area contributed by atoms with Gasteiger partial charge in [0.2, 0.25) is 0 Å². The van der Waals surface area contributed by atoms with E-state index >= 15 is 0 Å². The van der Waals surface area contributed by atoms with Crippen molar-refractivity contribution >= 4 is 17.1 Å². The molecule has 2 aromatic rings. The van der Waals surface area contributed by atoms with E-state index in [1.54, 1.807) is 12.1 Å². The fourth-order valence-corrected chi connectivity index (χ4v) is 1.92. The Morgan fingerprint density at radius 3 is 2.47 bits per heavy atom. The van der Waals surface area contributed by atoms with Crippen LogP contribution in [-0.4, -0.2) is 0 Å². The first kappa shape index (κ1) is 13.4. The van der Waals surface area contributed by atoms with Crippen LogP contribution in [0.4, 0.5) is 21.5 Å². The minimum Gasteiger partial charge on any atom is -0.399 e. The Labute approximate surface area is 113 Å². The Hall–Kier alpha value is -2.03. The smallest absolute Gasteiger partial charge is 0.148 e. The maximum Gasteiger partial charge on any atom is 0.148 e. The summed E-state index contributed by atoms with van der Waals surface area (Å²) in [5, 5.41) is 3.05. The van der Waals surface area contributed by atoms with Crippen molar-refractivity contribution in [2.75, 3.05) is 11.1 Å². The molecule has 0 aliphatic carbocycles. The third-order valence-corrected chi connectivity index (χ3v) is 3.05. The molecule has 2 nitrogen and oxygen atoms in total. The van der Waals surface area contributed by atoms with E-state index in [4.69, 9.17) is 5.73 Å². The zero-order valence-electron chi connectivity index (χ0n) is 11.1. The average Bonchev–Trinajstić information content (AvgIpc) is 2.41. The maximum absolute atomic E-state index is 13.6. The van der Waals surface area contributed by atoms with Gasteiger partial charge in [0, 0.05) is 11.4 Å². The van der Waals surface area contributed by atoms with E-state index in [0.29, 0.717) is 11.4 Å². The number of halogens is 1. The second-order valence-corrected chi connectivity index (χ2v) is 4.66. The van der Waals surface area contributed by atoms with Crippen molar-refractivity contribution < 1.29 is 4.39 Å². The number of nitrogens with one attached hydrogen (secondary N) is 1. The van der Waals surface area contributed by atoms with Gasteiger partial charge in [0.15, 0.2) is 0 Å². The molecule has 0 fully saturated rings. The molecule has 0 aromatic heterocycles. The molecule has 2 rings (SSSR count). The summed E-state index contributed by atoms with van der Waals surface area (Å²) in [4.78, 5) is 0. The predicted molar refractivity (Wildman–Crippen MR) is 79.1 cm³/mol. The van der Waals surface area contributed by atoms with Crippen LogP contribution in [0, 0.1) is 5.82 Å². The number of aryl methyl sites for hydroxylation is 1. The van der Waals surface area contributed by atoms with Crippen LogP contribution in [0.3, 0.4) is 0 Å². The van der Waals surface area contributed by atoms with Crippen LogP contribution in [0.2, 0.25) is 0 Å². The van der Waals surface area contributed by atoms with Gasteiger partial charge in [0.05, 0.1) is 5.69 Å². The quantitative estimate of drug-likeness (QED) is 0.775. The summed E-state index contributed by atoms with van der Waals surface area (Å²) in [6, 6.07) is 12.7. The van der Waals surface area contributed by atoms with E-state index in [1.165, 1.54) is 24.5 Å². The van der Waals surface area contributed by atoms with Gasteiger partial charge in [-0.25, -0.2) is 4.39 Å². The predicted octanol–water partition coefficient (Wildman–Crippen LogP) is 4.49. The molecule has 0 radical (unpaired) electrons. The van der Waals surface area contributed by atoms with Gasteiger partial charge in [0.1, 0.15) is 5.82 Å². The van der Waals surface area contributed by atoms with Crippen LogP contribution in [0.1, 0.15) is 25.3 Å². The number of nitrogen functional groups attached to an aromatic ring is 1. The van der Waals surface area contributed by atoms with Gasteiger partial charge in [-0.05, 0) is 48.7 Å². The largest absolute Gasteiger partial charge is 0.399 e. The van der Waals surface area contributed by atoms with Gasteiger partial charge >= 0.3 is 0 Å². The van der Waals surface area contributed by atoms with Crippen LogP contribution in [0.15, 0.2) is 42.5 Å². The third-order valence-electron chi connectivity index (χ3n) is 3.05. The lowest BCUT2D eigenvalue weighted by Crippen LogP contribution is -1.95. The zero-order valence-corrected chi connectivity index (χ0v) is 11.1. The number of nitrogens with two attached hydrogens (primary N) is 1. The molecule has 0 amide bonds. The standard InChI is InChI=1S/C16H19FN2/c1-2-3-4-12-5-8-14(9-6-12)19-16-10-7-13(18)11-15(16)17/h5-11,19H,2-4,18H2,1H3. The Bertz CT molecular complexity index is 535. The minimum absolute atomic E-state index is 0.338. The lowest BCUT2D eigenvalue weighted by Gasteiger charge is -2.09. The molecule has 0 bridgehead atoms. The van der Waals surface area contributed by atoms with Crippen LogP contribution >= 0.6 is 0 Å². The normalized spacial score (nSPS) is 10.4. The van der Waals surface area contributed by atoms with E-state index in [1.807, 2.05) is 12.1 Å². The van der Waals surface area contributed by atoms with Gasteiger partial charge in [-0.1, -0.05) is 25.5 Å². The lowest BCUT2D eigenvalue weighted by molar-refractivity contribution is 0.632. The highest BCUT2D eigenvalue weighted by Crippen LogP contribution is 2.22. The molecule has 0 spiro atoms. The number of benzene rings is 2. The molecule has 0 aliphatic rings. The summed E-state index contributed by atoms with van der Waals surface area (Å²) in [6.45, 7) is 2.18. The molecular formula is C16H19FN2. The van der Waals surface area contributed by atoms with Crippen LogP contribution in [0.25, 0.3) is 0 Å². The Morgan fingerprint density at radius 2 is 1.84 bits per heavy atom. The van der Waals surface area contributed by atoms with Crippen molar-refractivity contribution in [3.8, 4) is 0 Å². The summed E-state index contributed by atoms with van der Waals surface area (Å²) in [6.07, 6.45) is 3.48. The Morgan fingerprint density at radius 1 is 1.11 bits per heavy atom. The second-order valence-electron chi connectivity index (χ2n) is 4.66. The summed E-state index contributed by atoms with van der Waals surface area (Å²) in [7, 11) is 0. The number of unbranched alkanes of at least 4 members (excludes halogenated alkanes) is 1. The summed E-state index contributed by atoms with van der Waals surface area (Å²) < 4.78 is 13.6. The molecule has 0 atom stereocenters. The summed E-state index contributed by atoms with van der Waals surface area (Å²) >= 11 is 0. The van der Waals surface area contributed by atoms with Crippen molar-refractivity contribution in [3.05, 3.63) is 53.8 Å². The SMILES string of the molecule is CCCCc1ccc(Nc2ccc(N)cc2F)cc1. The highest BCUT2D eigenvalue weighted by atomic mass is 19.1. The highest BCUT2D eigenvalue weighted by Gasteiger charge is 2.02. The van der Waals surface area contributed by atoms with Crippen molar-refractivity contribution in [2.45, 2.75) is 26.2 Å². The van der Waals surface area contributed by atoms with Gasteiger partial charge in [-0.3, -0.25) is 0 Å². The number of anilines is 3. The molecule has 3 N–H and O–H groups in total. The van der Waals surface area contributed by atoms with Crippen molar-refractivity contribution in [2.24, 2.45) is 0 Å². The molecule has 0 unspecified atom stereocenters. The first-order valence-electron chi connectivity index (χ1n) is 6.60. The van der Waals surface area contributed by atoms with E-state index in [0.717, 1.165) is 12.1 Å². The summed E-state index contributed by atoms with van der Waals surface area (Å²) in [5.74, 6) is -0.338. The molecule has 0 saturated carbocycles. The maximum atomic E-state index is 13.6. The topological polar surface area (TPSA) is 38.0 Å². The molecule has 0 aliphatic heterocycles. The number of hydrogen-bond acceptors (Lipinski definition) is 2. The zero-order chi connectivity index (χ0) is 13.7. The van der Waals surface area contributed by atoms with Gasteiger partial charge in [-0.15, -0.1) is 0 Å². The Balaban J connectivity index is 2.06. The van der Waals surface area contributed by atoms with Crippen molar-refractivity contribution in [1.29, 1.82) is 0 Å². The minimum atomic E-state index is -0.338. The molecule has 0 saturated heterocycles. The van der Waals surface area contributed by atoms with E-state index in [9.17, 15) is 4.39 Å². The van der Waals surface area contributed by atoms with Crippen LogP contribution in [0.5, 0.6) is 0 Å². The average molecular weight is 258 g/mol. The fraction of sp³-hybridized carbons (Fsp3) is 0.250. The molecule has 19 heavy (non-hydrogen) atoms. The van der Waals surface area contributed by atoms with E-state index in [2.05, 4.69) is 24.4 Å². The first-order chi connectivity index (χ1) is 9.19. The first-order valence-corrected chi connectivity index (χ1v) is 6.60. The van der Waals surface area contributed by atoms with Crippen molar-refractivity contribution in [3.63, 3.8) is 0 Å². The molecular weight excluding hydrogens is 239 g/mol. The number of rotatable bonds is 5. The van der Waals surface area contributed by atoms with Gasteiger partial charge < -0.3 is 11.1 Å². The summed E-state index contributed by atoms with van der Waals surface area (Å²) in [5.41, 5.74) is 8.58. The van der Waals surface area contributed by atoms with Gasteiger partial charge in [0.25, 0.3) is 0 Å². The lowest BCUT2D eigenvalue weighted by atomic mass is 10.1. The fourth-order valence-electron chi connectivity index (χ4n) is 1.92. The molecule has 100 valence electrons. The van der Waals surface area contributed by atoms with E-state index < -0.39 is 0 Å². The second kappa shape index (κ2) is 6.23. The molecule has 0 heterocycles. The van der Waals surface area contributed by atoms with Crippen molar-refractivity contribution in [1.82, 2.24) is 0 Å². The van der Waals surface area contributed by atoms with Crippen LogP contribution in [-0.2, 0) is 6.42 Å². The van der Waals surface area contributed by atoms with E-state index in [-0.39, 0.29) is 5.82 Å². The third kappa shape index (κ3) is 3.71.